The van der Waals surface area contributed by atoms with E-state index in [1.54, 1.807) is 7.11 Å². The molecule has 0 radical (unpaired) electrons. The van der Waals surface area contributed by atoms with Crippen molar-refractivity contribution >= 4 is 30.3 Å². The summed E-state index contributed by atoms with van der Waals surface area (Å²) in [5.41, 5.74) is 1.42. The average Bonchev–Trinajstić information content (AvgIpc) is 2.70. The zero-order valence-electron chi connectivity index (χ0n) is 9.10. The summed E-state index contributed by atoms with van der Waals surface area (Å²) in [6.07, 6.45) is 0. The molecule has 0 bridgehead atoms. The van der Waals surface area contributed by atoms with Gasteiger partial charge < -0.3 is 10.1 Å². The molecule has 1 aromatic carbocycles. The van der Waals surface area contributed by atoms with Crippen molar-refractivity contribution in [2.75, 3.05) is 12.4 Å². The van der Waals surface area contributed by atoms with Crippen LogP contribution in [0.1, 0.15) is 0 Å². The summed E-state index contributed by atoms with van der Waals surface area (Å²) < 4.78 is 8.24. The lowest BCUT2D eigenvalue weighted by Crippen LogP contribution is -2.11. The first-order valence-electron chi connectivity index (χ1n) is 4.91. The molecule has 0 saturated heterocycles. The van der Waals surface area contributed by atoms with Crippen LogP contribution in [0.15, 0.2) is 34.9 Å². The third-order valence-electron chi connectivity index (χ3n) is 2.27. The fraction of sp³-hybridized carbons (Fsp3) is 0.182. The third kappa shape index (κ3) is 2.52. The number of benzene rings is 1. The van der Waals surface area contributed by atoms with Crippen molar-refractivity contribution in [3.05, 3.63) is 34.9 Å². The average molecular weight is 265 g/mol. The minimum Gasteiger partial charge on any atom is -0.495 e. The van der Waals surface area contributed by atoms with Crippen molar-refractivity contribution in [1.82, 2.24) is 4.72 Å². The standard InChI is InChI=1S/C11H11N3OS2/c1-15-9-5-3-2-4-8(9)13-11-7(6-12)10(16)14-17-11/h2-5,10,13-14,16H,1H3. The van der Waals surface area contributed by atoms with Gasteiger partial charge in [0, 0.05) is 0 Å². The summed E-state index contributed by atoms with van der Waals surface area (Å²) in [6, 6.07) is 9.69. The summed E-state index contributed by atoms with van der Waals surface area (Å²) >= 11 is 5.62. The largest absolute Gasteiger partial charge is 0.495 e. The monoisotopic (exact) mass is 265 g/mol. The van der Waals surface area contributed by atoms with Gasteiger partial charge in [0.05, 0.1) is 23.7 Å². The maximum Gasteiger partial charge on any atom is 0.142 e. The fourth-order valence-corrected chi connectivity index (χ4v) is 2.64. The second-order valence-corrected chi connectivity index (χ2v) is 4.67. The predicted octanol–water partition coefficient (Wildman–Crippen LogP) is 2.35. The molecular weight excluding hydrogens is 254 g/mol. The SMILES string of the molecule is COc1ccccc1NC1=C(C#N)C(S)NS1. The second-order valence-electron chi connectivity index (χ2n) is 3.30. The zero-order valence-corrected chi connectivity index (χ0v) is 10.8. The number of hydrogen-bond donors (Lipinski definition) is 3. The Kier molecular flexibility index (Phi) is 3.84. The van der Waals surface area contributed by atoms with E-state index in [2.05, 4.69) is 28.7 Å². The molecule has 2 N–H and O–H groups in total. The van der Waals surface area contributed by atoms with Gasteiger partial charge in [-0.15, -0.1) is 0 Å². The van der Waals surface area contributed by atoms with Crippen LogP contribution in [0, 0.1) is 11.3 Å². The van der Waals surface area contributed by atoms with Gasteiger partial charge in [-0.3, -0.25) is 0 Å². The van der Waals surface area contributed by atoms with Gasteiger partial charge in [-0.05, 0) is 24.1 Å². The quantitative estimate of drug-likeness (QED) is 0.578. The molecule has 0 aromatic heterocycles. The molecule has 1 aliphatic rings. The topological polar surface area (TPSA) is 57.1 Å². The highest BCUT2D eigenvalue weighted by atomic mass is 32.2. The van der Waals surface area contributed by atoms with Crippen LogP contribution in [0.2, 0.25) is 0 Å². The highest BCUT2D eigenvalue weighted by Crippen LogP contribution is 2.33. The van der Waals surface area contributed by atoms with E-state index < -0.39 is 0 Å². The Morgan fingerprint density at radius 2 is 2.29 bits per heavy atom. The van der Waals surface area contributed by atoms with Crippen molar-refractivity contribution in [3.8, 4) is 11.8 Å². The van der Waals surface area contributed by atoms with Crippen LogP contribution in [0.5, 0.6) is 5.75 Å². The number of methoxy groups -OCH3 is 1. The minimum atomic E-state index is -0.234. The van der Waals surface area contributed by atoms with Gasteiger partial charge in [0.15, 0.2) is 0 Å². The number of nitrogens with zero attached hydrogens (tertiary/aromatic N) is 1. The van der Waals surface area contributed by atoms with Gasteiger partial charge in [0.1, 0.15) is 16.8 Å². The number of ether oxygens (including phenoxy) is 1. The number of rotatable bonds is 3. The highest BCUT2D eigenvalue weighted by Gasteiger charge is 2.23. The molecule has 1 aliphatic heterocycles. The summed E-state index contributed by atoms with van der Waals surface area (Å²) in [5.74, 6) is 0.737. The summed E-state index contributed by atoms with van der Waals surface area (Å²) in [5, 5.41) is 12.7. The Labute approximate surface area is 110 Å². The molecule has 0 aliphatic carbocycles. The lowest BCUT2D eigenvalue weighted by Gasteiger charge is -2.10. The van der Waals surface area contributed by atoms with E-state index >= 15 is 0 Å². The Bertz CT molecular complexity index is 496. The van der Waals surface area contributed by atoms with Crippen LogP contribution in [0.3, 0.4) is 0 Å². The second kappa shape index (κ2) is 5.36. The number of hydrogen-bond acceptors (Lipinski definition) is 6. The molecule has 4 nitrogen and oxygen atoms in total. The number of anilines is 1. The fourth-order valence-electron chi connectivity index (χ4n) is 1.43. The number of nitrogens with one attached hydrogen (secondary N) is 2. The Balaban J connectivity index is 2.27. The first-order valence-corrected chi connectivity index (χ1v) is 6.24. The van der Waals surface area contributed by atoms with Gasteiger partial charge in [-0.1, -0.05) is 12.1 Å². The Hall–Kier alpha value is -1.29. The predicted molar refractivity (Wildman–Crippen MR) is 72.8 cm³/mol. The van der Waals surface area contributed by atoms with E-state index in [0.717, 1.165) is 16.5 Å². The maximum absolute atomic E-state index is 9.03. The van der Waals surface area contributed by atoms with Gasteiger partial charge in [-0.2, -0.15) is 17.9 Å². The lowest BCUT2D eigenvalue weighted by molar-refractivity contribution is 0.417. The summed E-state index contributed by atoms with van der Waals surface area (Å²) in [7, 11) is 1.61. The van der Waals surface area contributed by atoms with Crippen LogP contribution < -0.4 is 14.8 Å². The zero-order chi connectivity index (χ0) is 12.3. The molecule has 0 saturated carbocycles. The molecule has 0 amide bonds. The van der Waals surface area contributed by atoms with E-state index in [1.807, 2.05) is 24.3 Å². The highest BCUT2D eigenvalue weighted by molar-refractivity contribution is 8.02. The number of para-hydroxylation sites is 2. The van der Waals surface area contributed by atoms with E-state index in [1.165, 1.54) is 11.9 Å². The van der Waals surface area contributed by atoms with Gasteiger partial charge >= 0.3 is 0 Å². The van der Waals surface area contributed by atoms with Crippen molar-refractivity contribution < 1.29 is 4.74 Å². The molecule has 6 heteroatoms. The Morgan fingerprint density at radius 1 is 1.53 bits per heavy atom. The van der Waals surface area contributed by atoms with Crippen molar-refractivity contribution in [2.24, 2.45) is 0 Å². The molecule has 1 unspecified atom stereocenters. The minimum absolute atomic E-state index is 0.234. The normalized spacial score (nSPS) is 19.0. The van der Waals surface area contributed by atoms with Gasteiger partial charge in [0.25, 0.3) is 0 Å². The van der Waals surface area contributed by atoms with Crippen LogP contribution in [0.4, 0.5) is 5.69 Å². The number of nitriles is 1. The molecule has 0 spiro atoms. The van der Waals surface area contributed by atoms with E-state index in [0.29, 0.717) is 5.57 Å². The van der Waals surface area contributed by atoms with Crippen LogP contribution in [-0.2, 0) is 0 Å². The molecule has 2 rings (SSSR count). The molecule has 1 atom stereocenters. The molecule has 17 heavy (non-hydrogen) atoms. The maximum atomic E-state index is 9.03. The van der Waals surface area contributed by atoms with Crippen molar-refractivity contribution in [1.29, 1.82) is 5.26 Å². The first kappa shape index (κ1) is 12.2. The van der Waals surface area contributed by atoms with E-state index in [9.17, 15) is 0 Å². The molecule has 88 valence electrons. The van der Waals surface area contributed by atoms with Crippen molar-refractivity contribution in [2.45, 2.75) is 5.37 Å². The molecule has 0 fully saturated rings. The van der Waals surface area contributed by atoms with E-state index in [4.69, 9.17) is 10.00 Å². The van der Waals surface area contributed by atoms with Crippen LogP contribution >= 0.6 is 24.6 Å². The van der Waals surface area contributed by atoms with Crippen LogP contribution in [-0.4, -0.2) is 12.5 Å². The first-order chi connectivity index (χ1) is 8.26. The van der Waals surface area contributed by atoms with E-state index in [-0.39, 0.29) is 5.37 Å². The molecule has 1 heterocycles. The third-order valence-corrected chi connectivity index (χ3v) is 3.71. The summed E-state index contributed by atoms with van der Waals surface area (Å²) in [6.45, 7) is 0. The van der Waals surface area contributed by atoms with Crippen LogP contribution in [0.25, 0.3) is 0 Å². The summed E-state index contributed by atoms with van der Waals surface area (Å²) in [4.78, 5) is 0. The smallest absolute Gasteiger partial charge is 0.142 e. The van der Waals surface area contributed by atoms with Gasteiger partial charge in [-0.25, -0.2) is 4.72 Å². The van der Waals surface area contributed by atoms with Gasteiger partial charge in [0.2, 0.25) is 0 Å². The molecule has 1 aromatic rings. The molecular formula is C11H11N3OS2. The lowest BCUT2D eigenvalue weighted by atomic mass is 10.2. The number of thiol groups is 1. The Morgan fingerprint density at radius 3 is 3.00 bits per heavy atom. The van der Waals surface area contributed by atoms with Crippen molar-refractivity contribution in [3.63, 3.8) is 0 Å².